The molecule has 2 heterocycles. The Morgan fingerprint density at radius 3 is 2.24 bits per heavy atom. The van der Waals surface area contributed by atoms with Crippen LogP contribution in [0.25, 0.3) is 0 Å². The first-order valence-electron chi connectivity index (χ1n) is 7.77. The number of thioether (sulfide) groups is 1. The summed E-state index contributed by atoms with van der Waals surface area (Å²) in [5.41, 5.74) is 17.5. The molecule has 2 aliphatic heterocycles. The van der Waals surface area contributed by atoms with Crippen LogP contribution in [0.2, 0.25) is 0 Å². The minimum atomic E-state index is -0.136. The topological polar surface area (TPSA) is 76.1 Å². The van der Waals surface area contributed by atoms with Crippen molar-refractivity contribution in [2.75, 3.05) is 0 Å². The zero-order chi connectivity index (χ0) is 15.3. The van der Waals surface area contributed by atoms with E-state index in [1.54, 1.807) is 0 Å². The Morgan fingerprint density at radius 2 is 1.67 bits per heavy atom. The number of hydrogen-bond donors (Lipinski definition) is 4. The summed E-state index contributed by atoms with van der Waals surface area (Å²) in [5.74, 6) is 0. The molecule has 3 aliphatic rings. The van der Waals surface area contributed by atoms with Gasteiger partial charge in [-0.2, -0.15) is 0 Å². The molecule has 0 aromatic rings. The SMILES string of the molecule is CC1=C2NC(C)C(C)NC2=C(C2=CCC(C)S2)C(N)C1N. The van der Waals surface area contributed by atoms with Crippen LogP contribution in [0.15, 0.2) is 33.5 Å². The minimum absolute atomic E-state index is 0.119. The van der Waals surface area contributed by atoms with Crippen molar-refractivity contribution in [2.45, 2.75) is 63.5 Å². The quantitative estimate of drug-likeness (QED) is 0.591. The van der Waals surface area contributed by atoms with E-state index in [2.05, 4.69) is 44.4 Å². The fourth-order valence-corrected chi connectivity index (χ4v) is 4.39. The smallest absolute Gasteiger partial charge is 0.0639 e. The van der Waals surface area contributed by atoms with Gasteiger partial charge in [0.05, 0.1) is 17.4 Å². The van der Waals surface area contributed by atoms with Gasteiger partial charge < -0.3 is 22.1 Å². The number of allylic oxidation sites excluding steroid dienone is 1. The summed E-state index contributed by atoms with van der Waals surface area (Å²) < 4.78 is 0. The van der Waals surface area contributed by atoms with Gasteiger partial charge in [-0.3, -0.25) is 0 Å². The van der Waals surface area contributed by atoms with Gasteiger partial charge in [0.1, 0.15) is 0 Å². The molecule has 0 aromatic heterocycles. The van der Waals surface area contributed by atoms with Crippen molar-refractivity contribution < 1.29 is 0 Å². The molecule has 1 saturated heterocycles. The highest BCUT2D eigenvalue weighted by Gasteiger charge is 2.38. The number of hydrogen-bond acceptors (Lipinski definition) is 5. The van der Waals surface area contributed by atoms with Crippen LogP contribution in [0.3, 0.4) is 0 Å². The second-order valence-electron chi connectivity index (χ2n) is 6.50. The van der Waals surface area contributed by atoms with E-state index in [9.17, 15) is 0 Å². The van der Waals surface area contributed by atoms with E-state index in [0.29, 0.717) is 17.3 Å². The van der Waals surface area contributed by atoms with E-state index in [-0.39, 0.29) is 12.1 Å². The lowest BCUT2D eigenvalue weighted by Gasteiger charge is -2.42. The molecule has 0 amide bonds. The molecule has 5 unspecified atom stereocenters. The Kier molecular flexibility index (Phi) is 3.84. The number of nitrogens with two attached hydrogens (primary N) is 2. The second kappa shape index (κ2) is 5.38. The zero-order valence-corrected chi connectivity index (χ0v) is 14.1. The van der Waals surface area contributed by atoms with Gasteiger partial charge in [-0.15, -0.1) is 11.8 Å². The van der Waals surface area contributed by atoms with Crippen molar-refractivity contribution in [1.82, 2.24) is 10.6 Å². The number of piperazine rings is 1. The highest BCUT2D eigenvalue weighted by Crippen LogP contribution is 2.42. The zero-order valence-electron chi connectivity index (χ0n) is 13.2. The molecule has 6 N–H and O–H groups in total. The van der Waals surface area contributed by atoms with Gasteiger partial charge in [0.2, 0.25) is 0 Å². The molecule has 5 heteroatoms. The molecular weight excluding hydrogens is 280 g/mol. The first-order valence-corrected chi connectivity index (χ1v) is 8.64. The van der Waals surface area contributed by atoms with Crippen LogP contribution in [0.1, 0.15) is 34.1 Å². The molecule has 21 heavy (non-hydrogen) atoms. The number of fused-ring (bicyclic) bond motifs is 1. The van der Waals surface area contributed by atoms with Crippen LogP contribution in [0.5, 0.6) is 0 Å². The van der Waals surface area contributed by atoms with E-state index >= 15 is 0 Å². The Labute approximate surface area is 131 Å². The normalized spacial score (nSPS) is 39.7. The van der Waals surface area contributed by atoms with Crippen LogP contribution in [-0.2, 0) is 0 Å². The van der Waals surface area contributed by atoms with E-state index < -0.39 is 0 Å². The van der Waals surface area contributed by atoms with Crippen molar-refractivity contribution in [1.29, 1.82) is 0 Å². The summed E-state index contributed by atoms with van der Waals surface area (Å²) in [7, 11) is 0. The maximum atomic E-state index is 6.49. The summed E-state index contributed by atoms with van der Waals surface area (Å²) in [6, 6.07) is 0.497. The molecule has 0 radical (unpaired) electrons. The van der Waals surface area contributed by atoms with Crippen LogP contribution in [-0.4, -0.2) is 29.4 Å². The molecule has 0 bridgehead atoms. The molecule has 0 saturated carbocycles. The summed E-state index contributed by atoms with van der Waals surface area (Å²) >= 11 is 1.91. The van der Waals surface area contributed by atoms with Gasteiger partial charge >= 0.3 is 0 Å². The predicted octanol–water partition coefficient (Wildman–Crippen LogP) is 1.56. The van der Waals surface area contributed by atoms with Crippen molar-refractivity contribution in [3.05, 3.63) is 33.5 Å². The maximum absolute atomic E-state index is 6.49. The lowest BCUT2D eigenvalue weighted by molar-refractivity contribution is 0.413. The molecule has 0 spiro atoms. The number of rotatable bonds is 1. The maximum Gasteiger partial charge on any atom is 0.0639 e. The van der Waals surface area contributed by atoms with Crippen LogP contribution < -0.4 is 22.1 Å². The summed E-state index contributed by atoms with van der Waals surface area (Å²) in [5, 5.41) is 7.91. The molecule has 0 aromatic carbocycles. The van der Waals surface area contributed by atoms with Gasteiger partial charge in [-0.25, -0.2) is 0 Å². The van der Waals surface area contributed by atoms with Crippen molar-refractivity contribution in [3.63, 3.8) is 0 Å². The fourth-order valence-electron chi connectivity index (χ4n) is 3.20. The van der Waals surface area contributed by atoms with Gasteiger partial charge in [0, 0.05) is 33.9 Å². The molecule has 4 nitrogen and oxygen atoms in total. The Morgan fingerprint density at radius 1 is 1.05 bits per heavy atom. The molecule has 3 rings (SSSR count). The monoisotopic (exact) mass is 306 g/mol. The summed E-state index contributed by atoms with van der Waals surface area (Å²) in [6.07, 6.45) is 3.42. The third kappa shape index (κ3) is 2.41. The van der Waals surface area contributed by atoms with Gasteiger partial charge in [-0.1, -0.05) is 13.0 Å². The Hall–Kier alpha value is -0.910. The summed E-state index contributed by atoms with van der Waals surface area (Å²) in [4.78, 5) is 1.31. The van der Waals surface area contributed by atoms with Crippen molar-refractivity contribution in [2.24, 2.45) is 11.5 Å². The molecule has 5 atom stereocenters. The van der Waals surface area contributed by atoms with Crippen molar-refractivity contribution >= 4 is 11.8 Å². The highest BCUT2D eigenvalue weighted by molar-refractivity contribution is 8.04. The minimum Gasteiger partial charge on any atom is -0.379 e. The van der Waals surface area contributed by atoms with E-state index in [1.165, 1.54) is 16.2 Å². The second-order valence-corrected chi connectivity index (χ2v) is 7.98. The van der Waals surface area contributed by atoms with E-state index in [4.69, 9.17) is 11.5 Å². The van der Waals surface area contributed by atoms with E-state index in [1.807, 2.05) is 11.8 Å². The Bertz CT molecular complexity index is 548. The predicted molar refractivity (Wildman–Crippen MR) is 90.6 cm³/mol. The lowest BCUT2D eigenvalue weighted by Crippen LogP contribution is -2.57. The average Bonchev–Trinajstić information content (AvgIpc) is 2.86. The fraction of sp³-hybridized carbons (Fsp3) is 0.625. The third-order valence-electron chi connectivity index (χ3n) is 4.86. The first-order chi connectivity index (χ1) is 9.90. The van der Waals surface area contributed by atoms with Crippen LogP contribution in [0.4, 0.5) is 0 Å². The molecule has 116 valence electrons. The summed E-state index contributed by atoms with van der Waals surface area (Å²) in [6.45, 7) is 8.74. The first kappa shape index (κ1) is 15.0. The Balaban J connectivity index is 2.09. The molecule has 1 aliphatic carbocycles. The van der Waals surface area contributed by atoms with Gasteiger partial charge in [-0.05, 0) is 32.8 Å². The van der Waals surface area contributed by atoms with Crippen LogP contribution in [0, 0.1) is 0 Å². The highest BCUT2D eigenvalue weighted by atomic mass is 32.2. The molecular formula is C16H26N4S. The van der Waals surface area contributed by atoms with Gasteiger partial charge in [0.15, 0.2) is 0 Å². The lowest BCUT2D eigenvalue weighted by atomic mass is 9.83. The van der Waals surface area contributed by atoms with Gasteiger partial charge in [0.25, 0.3) is 0 Å². The number of nitrogens with one attached hydrogen (secondary N) is 2. The molecule has 1 fully saturated rings. The average molecular weight is 306 g/mol. The van der Waals surface area contributed by atoms with Crippen molar-refractivity contribution in [3.8, 4) is 0 Å². The standard InChI is InChI=1S/C16H26N4S/c1-7-5-6-11(21-7)12-14(18)13(17)8(2)15-16(12)20-10(4)9(3)19-15/h6-7,9-10,13-14,19-20H,5,17-18H2,1-4H3. The third-order valence-corrected chi connectivity index (χ3v) is 6.09. The largest absolute Gasteiger partial charge is 0.379 e. The van der Waals surface area contributed by atoms with Crippen LogP contribution >= 0.6 is 11.8 Å². The van der Waals surface area contributed by atoms with E-state index in [0.717, 1.165) is 17.7 Å².